The van der Waals surface area contributed by atoms with Crippen molar-refractivity contribution in [2.45, 2.75) is 38.9 Å². The Balaban J connectivity index is 1.66. The fourth-order valence-electron chi connectivity index (χ4n) is 3.97. The molecule has 33 heavy (non-hydrogen) atoms. The van der Waals surface area contributed by atoms with E-state index in [1.54, 1.807) is 17.0 Å². The van der Waals surface area contributed by atoms with Gasteiger partial charge in [-0.15, -0.1) is 0 Å². The van der Waals surface area contributed by atoms with Crippen molar-refractivity contribution in [3.63, 3.8) is 0 Å². The minimum atomic E-state index is -4.43. The van der Waals surface area contributed by atoms with Crippen molar-refractivity contribution in [3.05, 3.63) is 63.1 Å². The van der Waals surface area contributed by atoms with Crippen molar-refractivity contribution in [1.82, 2.24) is 4.90 Å². The molecule has 0 aliphatic carbocycles. The first-order valence-corrected chi connectivity index (χ1v) is 11.7. The zero-order chi connectivity index (χ0) is 24.3. The van der Waals surface area contributed by atoms with Crippen LogP contribution in [0.1, 0.15) is 43.0 Å². The van der Waals surface area contributed by atoms with E-state index in [1.807, 2.05) is 24.8 Å². The van der Waals surface area contributed by atoms with Crippen molar-refractivity contribution < 1.29 is 18.0 Å². The number of nitrogens with zero attached hydrogens (tertiary/aromatic N) is 2. The normalized spacial score (nSPS) is 15.8. The number of aryl methyl sites for hydroxylation is 1. The second kappa shape index (κ2) is 10.5. The highest BCUT2D eigenvalue weighted by atomic mass is 35.5. The van der Waals surface area contributed by atoms with Gasteiger partial charge in [-0.05, 0) is 53.8 Å². The highest BCUT2D eigenvalue weighted by Crippen LogP contribution is 2.37. The molecule has 1 fully saturated rings. The number of piperazine rings is 1. The molecule has 2 aromatic rings. The second-order valence-electron chi connectivity index (χ2n) is 8.64. The average Bonchev–Trinajstić information content (AvgIpc) is 2.77. The molecule has 0 saturated carbocycles. The number of amides is 1. The molecule has 0 bridgehead atoms. The summed E-state index contributed by atoms with van der Waals surface area (Å²) in [6.45, 7) is 5.80. The van der Waals surface area contributed by atoms with E-state index in [4.69, 9.17) is 28.9 Å². The minimum absolute atomic E-state index is 0.0187. The molecule has 1 saturated heterocycles. The zero-order valence-electron chi connectivity index (χ0n) is 18.6. The Morgan fingerprint density at radius 1 is 1.06 bits per heavy atom. The van der Waals surface area contributed by atoms with Gasteiger partial charge in [0, 0.05) is 54.4 Å². The number of rotatable bonds is 6. The smallest absolute Gasteiger partial charge is 0.368 e. The lowest BCUT2D eigenvalue weighted by Gasteiger charge is -2.38. The van der Waals surface area contributed by atoms with Gasteiger partial charge in [-0.2, -0.15) is 13.2 Å². The molecule has 0 radical (unpaired) electrons. The van der Waals surface area contributed by atoms with Gasteiger partial charge >= 0.3 is 6.18 Å². The molecular weight excluding hydrogens is 474 g/mol. The largest absolute Gasteiger partial charge is 0.416 e. The molecule has 9 heteroatoms. The minimum Gasteiger partial charge on any atom is -0.368 e. The number of halogens is 5. The van der Waals surface area contributed by atoms with E-state index in [1.165, 1.54) is 6.07 Å². The van der Waals surface area contributed by atoms with E-state index in [-0.39, 0.29) is 11.8 Å². The topological polar surface area (TPSA) is 49.6 Å². The maximum atomic E-state index is 13.3. The van der Waals surface area contributed by atoms with Crippen LogP contribution in [0.25, 0.3) is 0 Å². The number of benzene rings is 2. The summed E-state index contributed by atoms with van der Waals surface area (Å²) in [7, 11) is 0. The van der Waals surface area contributed by atoms with Crippen molar-refractivity contribution in [2.24, 2.45) is 11.7 Å². The molecule has 4 nitrogen and oxygen atoms in total. The Hall–Kier alpha value is -1.96. The Morgan fingerprint density at radius 2 is 1.73 bits per heavy atom. The standard InChI is InChI=1S/C24H28Cl2F3N3O/c1-15(2)23(30)19-13-17(24(27,28)29)5-7-21(19)31-9-11-32(12-10-31)22(33)8-4-16-3-6-18(25)14-20(16)26/h3,5-7,13-15,23H,4,8-12,30H2,1-2H3/t23-/m0/s1. The molecule has 1 heterocycles. The summed E-state index contributed by atoms with van der Waals surface area (Å²) in [5.74, 6) is 0.00184. The second-order valence-corrected chi connectivity index (χ2v) is 9.49. The zero-order valence-corrected chi connectivity index (χ0v) is 20.1. The fraction of sp³-hybridized carbons (Fsp3) is 0.458. The lowest BCUT2D eigenvalue weighted by atomic mass is 9.93. The van der Waals surface area contributed by atoms with Crippen molar-refractivity contribution in [2.75, 3.05) is 31.1 Å². The first-order valence-electron chi connectivity index (χ1n) is 10.9. The number of carbonyl (C=O) groups is 1. The van der Waals surface area contributed by atoms with Crippen LogP contribution in [0, 0.1) is 5.92 Å². The van der Waals surface area contributed by atoms with E-state index in [0.29, 0.717) is 60.3 Å². The van der Waals surface area contributed by atoms with Gasteiger partial charge < -0.3 is 15.5 Å². The lowest BCUT2D eigenvalue weighted by Crippen LogP contribution is -2.49. The molecule has 3 rings (SSSR count). The number of carbonyl (C=O) groups excluding carboxylic acids is 1. The van der Waals surface area contributed by atoms with Gasteiger partial charge in [0.25, 0.3) is 0 Å². The summed E-state index contributed by atoms with van der Waals surface area (Å²) >= 11 is 12.1. The third-order valence-corrected chi connectivity index (χ3v) is 6.62. The molecule has 1 amide bonds. The molecule has 1 aliphatic heterocycles. The predicted octanol–water partition coefficient (Wildman–Crippen LogP) is 5.95. The monoisotopic (exact) mass is 501 g/mol. The van der Waals surface area contributed by atoms with Crippen LogP contribution in [0.15, 0.2) is 36.4 Å². The quantitative estimate of drug-likeness (QED) is 0.531. The first kappa shape index (κ1) is 25.7. The maximum absolute atomic E-state index is 13.3. The van der Waals surface area contributed by atoms with Gasteiger partial charge in [0.15, 0.2) is 0 Å². The fourth-order valence-corrected chi connectivity index (χ4v) is 4.47. The van der Waals surface area contributed by atoms with Crippen LogP contribution in [-0.4, -0.2) is 37.0 Å². The Morgan fingerprint density at radius 3 is 2.30 bits per heavy atom. The van der Waals surface area contributed by atoms with Crippen molar-refractivity contribution >= 4 is 34.8 Å². The van der Waals surface area contributed by atoms with Gasteiger partial charge in [0.1, 0.15) is 0 Å². The molecular formula is C24H28Cl2F3N3O. The van der Waals surface area contributed by atoms with Crippen LogP contribution >= 0.6 is 23.2 Å². The Labute approximate surface area is 202 Å². The summed E-state index contributed by atoms with van der Waals surface area (Å²) in [5.41, 5.74) is 7.62. The summed E-state index contributed by atoms with van der Waals surface area (Å²) < 4.78 is 39.8. The summed E-state index contributed by atoms with van der Waals surface area (Å²) in [6, 6.07) is 8.46. The number of alkyl halides is 3. The van der Waals surface area contributed by atoms with Gasteiger partial charge in [-0.25, -0.2) is 0 Å². The van der Waals surface area contributed by atoms with E-state index < -0.39 is 17.8 Å². The van der Waals surface area contributed by atoms with E-state index in [0.717, 1.165) is 17.7 Å². The van der Waals surface area contributed by atoms with Gasteiger partial charge in [0.2, 0.25) is 5.91 Å². The van der Waals surface area contributed by atoms with E-state index >= 15 is 0 Å². The molecule has 2 aromatic carbocycles. The van der Waals surface area contributed by atoms with Crippen LogP contribution in [0.5, 0.6) is 0 Å². The van der Waals surface area contributed by atoms with Crippen molar-refractivity contribution in [1.29, 1.82) is 0 Å². The molecule has 2 N–H and O–H groups in total. The van der Waals surface area contributed by atoms with Crippen LogP contribution in [0.3, 0.4) is 0 Å². The number of anilines is 1. The van der Waals surface area contributed by atoms with Gasteiger partial charge in [0.05, 0.1) is 5.56 Å². The molecule has 0 aromatic heterocycles. The van der Waals surface area contributed by atoms with Gasteiger partial charge in [-0.1, -0.05) is 43.1 Å². The third-order valence-electron chi connectivity index (χ3n) is 6.03. The molecule has 1 atom stereocenters. The predicted molar refractivity (Wildman–Crippen MR) is 127 cm³/mol. The van der Waals surface area contributed by atoms with Gasteiger partial charge in [-0.3, -0.25) is 4.79 Å². The molecule has 0 spiro atoms. The summed E-state index contributed by atoms with van der Waals surface area (Å²) in [6.07, 6.45) is -3.59. The van der Waals surface area contributed by atoms with E-state index in [2.05, 4.69) is 0 Å². The molecule has 1 aliphatic rings. The summed E-state index contributed by atoms with van der Waals surface area (Å²) in [5, 5.41) is 1.09. The van der Waals surface area contributed by atoms with Crippen LogP contribution in [0.2, 0.25) is 10.0 Å². The maximum Gasteiger partial charge on any atom is 0.416 e. The first-order chi connectivity index (χ1) is 15.5. The number of hydrogen-bond acceptors (Lipinski definition) is 3. The number of hydrogen-bond donors (Lipinski definition) is 1. The Kier molecular flexibility index (Phi) is 8.19. The third kappa shape index (κ3) is 6.34. The summed E-state index contributed by atoms with van der Waals surface area (Å²) in [4.78, 5) is 16.5. The Bertz CT molecular complexity index is 989. The van der Waals surface area contributed by atoms with Crippen LogP contribution in [-0.2, 0) is 17.4 Å². The number of nitrogens with two attached hydrogens (primary N) is 1. The SMILES string of the molecule is CC(C)[C@H](N)c1cc(C(F)(F)F)ccc1N1CCN(C(=O)CCc2ccc(Cl)cc2Cl)CC1. The highest BCUT2D eigenvalue weighted by Gasteiger charge is 2.33. The average molecular weight is 502 g/mol. The van der Waals surface area contributed by atoms with Crippen molar-refractivity contribution in [3.8, 4) is 0 Å². The highest BCUT2D eigenvalue weighted by molar-refractivity contribution is 6.35. The molecule has 0 unspecified atom stereocenters. The molecule has 180 valence electrons. The van der Waals surface area contributed by atoms with E-state index in [9.17, 15) is 18.0 Å². The van der Waals surface area contributed by atoms with Crippen LogP contribution < -0.4 is 10.6 Å². The lowest BCUT2D eigenvalue weighted by molar-refractivity contribution is -0.137. The van der Waals surface area contributed by atoms with Crippen LogP contribution in [0.4, 0.5) is 18.9 Å².